The van der Waals surface area contributed by atoms with Gasteiger partial charge in [0.25, 0.3) is 0 Å². The largest absolute Gasteiger partial charge is 0.298 e. The van der Waals surface area contributed by atoms with Crippen molar-refractivity contribution in [1.29, 1.82) is 0 Å². The third kappa shape index (κ3) is 4.56. The Balaban J connectivity index is 1.34. The Morgan fingerprint density at radius 2 is 2.07 bits per heavy atom. The van der Waals surface area contributed by atoms with Gasteiger partial charge in [-0.15, -0.1) is 22.0 Å². The summed E-state index contributed by atoms with van der Waals surface area (Å²) in [4.78, 5) is 8.48. The molecule has 6 nitrogen and oxygen atoms in total. The lowest BCUT2D eigenvalue weighted by molar-refractivity contribution is 0.270. The van der Waals surface area contributed by atoms with Crippen LogP contribution in [0.25, 0.3) is 0 Å². The van der Waals surface area contributed by atoms with Crippen molar-refractivity contribution in [1.82, 2.24) is 30.5 Å². The molecule has 1 atom stereocenters. The Kier molecular flexibility index (Phi) is 6.29. The topological polar surface area (TPSA) is 70.6 Å². The predicted molar refractivity (Wildman–Crippen MR) is 114 cm³/mol. The molecule has 1 aliphatic heterocycles. The van der Waals surface area contributed by atoms with Crippen LogP contribution in [-0.4, -0.2) is 49.4 Å². The molecule has 1 aliphatic rings. The molecule has 0 radical (unpaired) electrons. The first kappa shape index (κ1) is 19.4. The number of thioether (sulfide) groups is 2. The van der Waals surface area contributed by atoms with Gasteiger partial charge in [-0.3, -0.25) is 9.88 Å². The fourth-order valence-electron chi connectivity index (χ4n) is 3.55. The summed E-state index contributed by atoms with van der Waals surface area (Å²) < 4.78 is 0. The predicted octanol–water partition coefficient (Wildman–Crippen LogP) is 3.91. The summed E-state index contributed by atoms with van der Waals surface area (Å²) in [5, 5.41) is 15.0. The summed E-state index contributed by atoms with van der Waals surface area (Å²) in [5.41, 5.74) is 5.33. The van der Waals surface area contributed by atoms with Gasteiger partial charge in [-0.2, -0.15) is 5.21 Å². The lowest BCUT2D eigenvalue weighted by Gasteiger charge is -2.28. The summed E-state index contributed by atoms with van der Waals surface area (Å²) >= 11 is 3.49. The van der Waals surface area contributed by atoms with E-state index in [0.29, 0.717) is 5.16 Å². The molecule has 1 N–H and O–H groups in total. The van der Waals surface area contributed by atoms with Gasteiger partial charge in [0.15, 0.2) is 0 Å². The van der Waals surface area contributed by atoms with E-state index in [2.05, 4.69) is 74.7 Å². The average Bonchev–Trinajstić information content (AvgIpc) is 3.22. The molecule has 0 bridgehead atoms. The highest BCUT2D eigenvalue weighted by molar-refractivity contribution is 7.99. The molecule has 28 heavy (non-hydrogen) atoms. The molecule has 0 aliphatic carbocycles. The highest BCUT2D eigenvalue weighted by atomic mass is 32.2. The highest BCUT2D eigenvalue weighted by Gasteiger charge is 2.18. The van der Waals surface area contributed by atoms with Crippen LogP contribution in [0.4, 0.5) is 0 Å². The van der Waals surface area contributed by atoms with Crippen LogP contribution in [0.5, 0.6) is 0 Å². The van der Waals surface area contributed by atoms with Gasteiger partial charge in [-0.25, -0.2) is 0 Å². The van der Waals surface area contributed by atoms with Crippen molar-refractivity contribution in [2.75, 3.05) is 18.8 Å². The summed E-state index contributed by atoms with van der Waals surface area (Å²) in [6, 6.07) is 10.9. The van der Waals surface area contributed by atoms with Crippen LogP contribution in [0, 0.1) is 6.92 Å². The Hall–Kier alpha value is -1.90. The van der Waals surface area contributed by atoms with Crippen molar-refractivity contribution in [2.45, 2.75) is 42.1 Å². The Labute approximate surface area is 173 Å². The maximum absolute atomic E-state index is 4.61. The second-order valence-corrected chi connectivity index (χ2v) is 9.36. The van der Waals surface area contributed by atoms with E-state index in [1.165, 1.54) is 21.6 Å². The van der Waals surface area contributed by atoms with Gasteiger partial charge in [0.1, 0.15) is 0 Å². The zero-order valence-electron chi connectivity index (χ0n) is 16.1. The fourth-order valence-corrected chi connectivity index (χ4v) is 5.44. The number of hydrogen-bond donors (Lipinski definition) is 1. The molecule has 3 aromatic rings. The summed E-state index contributed by atoms with van der Waals surface area (Å²) in [5.74, 6) is 1.08. The SMILES string of the molecule is Cc1c(SCCN2CCc3ccccc3C2)ccnc1C(C)Sc1nn[nH]n1. The molecule has 0 spiro atoms. The van der Waals surface area contributed by atoms with Crippen molar-refractivity contribution >= 4 is 23.5 Å². The van der Waals surface area contributed by atoms with Crippen molar-refractivity contribution in [3.05, 3.63) is 58.9 Å². The molecule has 2 aromatic heterocycles. The first-order valence-electron chi connectivity index (χ1n) is 9.48. The normalized spacial score (nSPS) is 15.4. The van der Waals surface area contributed by atoms with Crippen LogP contribution in [0.1, 0.15) is 34.6 Å². The maximum atomic E-state index is 4.61. The smallest absolute Gasteiger partial charge is 0.231 e. The third-order valence-corrected chi connectivity index (χ3v) is 7.16. The number of fused-ring (bicyclic) bond motifs is 1. The van der Waals surface area contributed by atoms with Crippen LogP contribution in [0.2, 0.25) is 0 Å². The molecule has 4 rings (SSSR count). The van der Waals surface area contributed by atoms with E-state index in [1.54, 1.807) is 11.8 Å². The highest BCUT2D eigenvalue weighted by Crippen LogP contribution is 2.35. The van der Waals surface area contributed by atoms with Crippen LogP contribution < -0.4 is 0 Å². The Bertz CT molecular complexity index is 915. The quantitative estimate of drug-likeness (QED) is 0.590. The van der Waals surface area contributed by atoms with Gasteiger partial charge < -0.3 is 0 Å². The number of nitrogens with zero attached hydrogens (tertiary/aromatic N) is 5. The van der Waals surface area contributed by atoms with E-state index in [4.69, 9.17) is 0 Å². The van der Waals surface area contributed by atoms with E-state index < -0.39 is 0 Å². The Morgan fingerprint density at radius 1 is 1.21 bits per heavy atom. The van der Waals surface area contributed by atoms with Crippen molar-refractivity contribution in [2.24, 2.45) is 0 Å². The maximum Gasteiger partial charge on any atom is 0.231 e. The number of aromatic nitrogens is 5. The van der Waals surface area contributed by atoms with E-state index in [1.807, 2.05) is 18.0 Å². The van der Waals surface area contributed by atoms with E-state index in [-0.39, 0.29) is 5.25 Å². The molecule has 0 fully saturated rings. The van der Waals surface area contributed by atoms with E-state index in [9.17, 15) is 0 Å². The lowest BCUT2D eigenvalue weighted by atomic mass is 10.0. The minimum absolute atomic E-state index is 0.178. The molecule has 3 heterocycles. The van der Waals surface area contributed by atoms with Crippen molar-refractivity contribution in [3.8, 4) is 0 Å². The zero-order valence-corrected chi connectivity index (χ0v) is 17.8. The average molecular weight is 413 g/mol. The molecule has 8 heteroatoms. The fraction of sp³-hybridized carbons (Fsp3) is 0.400. The van der Waals surface area contributed by atoms with Gasteiger partial charge in [-0.05, 0) is 48.2 Å². The second-order valence-electron chi connectivity index (χ2n) is 6.92. The molecule has 1 aromatic carbocycles. The zero-order chi connectivity index (χ0) is 19.3. The van der Waals surface area contributed by atoms with Gasteiger partial charge in [0.05, 0.1) is 10.9 Å². The van der Waals surface area contributed by atoms with Gasteiger partial charge in [0, 0.05) is 36.5 Å². The van der Waals surface area contributed by atoms with Crippen LogP contribution in [-0.2, 0) is 13.0 Å². The van der Waals surface area contributed by atoms with Gasteiger partial charge in [-0.1, -0.05) is 36.0 Å². The summed E-state index contributed by atoms with van der Waals surface area (Å²) in [7, 11) is 0. The number of aromatic amines is 1. The molecule has 0 saturated carbocycles. The van der Waals surface area contributed by atoms with Gasteiger partial charge in [0.2, 0.25) is 5.16 Å². The minimum atomic E-state index is 0.178. The summed E-state index contributed by atoms with van der Waals surface area (Å²) in [6.45, 7) is 7.61. The minimum Gasteiger partial charge on any atom is -0.298 e. The molecule has 0 saturated heterocycles. The van der Waals surface area contributed by atoms with Crippen molar-refractivity contribution < 1.29 is 0 Å². The number of nitrogens with one attached hydrogen (secondary N) is 1. The standard InChI is InChI=1S/C20H24N6S2/c1-14-18(7-9-21-19(14)15(2)28-20-22-24-25-23-20)27-12-11-26-10-8-16-5-3-4-6-17(16)13-26/h3-7,9,15H,8,10-13H2,1-2H3,(H,22,23,24,25). The molecule has 146 valence electrons. The van der Waals surface area contributed by atoms with Crippen molar-refractivity contribution in [3.63, 3.8) is 0 Å². The van der Waals surface area contributed by atoms with E-state index in [0.717, 1.165) is 37.5 Å². The number of tetrazole rings is 1. The first-order chi connectivity index (χ1) is 13.7. The number of pyridine rings is 1. The van der Waals surface area contributed by atoms with Crippen LogP contribution in [0.3, 0.4) is 0 Å². The molecular formula is C20H24N6S2. The van der Waals surface area contributed by atoms with E-state index >= 15 is 0 Å². The van der Waals surface area contributed by atoms with Crippen LogP contribution >= 0.6 is 23.5 Å². The third-order valence-electron chi connectivity index (χ3n) is 5.06. The lowest BCUT2D eigenvalue weighted by Crippen LogP contribution is -2.32. The number of benzene rings is 1. The molecule has 0 amide bonds. The molecule has 1 unspecified atom stereocenters. The first-order valence-corrected chi connectivity index (χ1v) is 11.3. The van der Waals surface area contributed by atoms with Crippen LogP contribution in [0.15, 0.2) is 46.6 Å². The monoisotopic (exact) mass is 412 g/mol. The second kappa shape index (κ2) is 9.07. The number of hydrogen-bond acceptors (Lipinski definition) is 7. The Morgan fingerprint density at radius 3 is 2.89 bits per heavy atom. The number of H-pyrrole nitrogens is 1. The van der Waals surface area contributed by atoms with Gasteiger partial charge >= 0.3 is 0 Å². The molecular weight excluding hydrogens is 388 g/mol. The summed E-state index contributed by atoms with van der Waals surface area (Å²) in [6.07, 6.45) is 3.07. The number of rotatable bonds is 7.